The Balaban J connectivity index is 1.21. The van der Waals surface area contributed by atoms with Crippen molar-refractivity contribution in [2.45, 2.75) is 139 Å². The van der Waals surface area contributed by atoms with E-state index in [2.05, 4.69) is 76.0 Å². The number of hydrogen-bond donors (Lipinski definition) is 16. The van der Waals surface area contributed by atoms with Crippen LogP contribution in [0.15, 0.2) is 60.7 Å². The van der Waals surface area contributed by atoms with Gasteiger partial charge in [-0.3, -0.25) is 28.8 Å². The first-order valence-corrected chi connectivity index (χ1v) is 29.5. The Kier molecular flexibility index (Phi) is 32.2. The van der Waals surface area contributed by atoms with Crippen LogP contribution in [0.25, 0.3) is 0 Å². The van der Waals surface area contributed by atoms with Gasteiger partial charge in [0.15, 0.2) is 0 Å². The van der Waals surface area contributed by atoms with Crippen LogP contribution in [0.4, 0.5) is 4.79 Å². The number of fused-ring (bicyclic) bond motifs is 15. The summed E-state index contributed by atoms with van der Waals surface area (Å²) in [5.74, 6) is -5.64. The number of nitrogens with one attached hydrogen (secondary N) is 13. The minimum Gasteiger partial charge on any atom is -0.481 e. The van der Waals surface area contributed by atoms with E-state index in [9.17, 15) is 53.4 Å². The SMILES string of the molecule is CC12CNCCNCC(NC(=O)CCCC(=O)N[C@@H](Cc3ccccc3)C(=O)N[C@@H](Cc3ccccc3)C(=O)NCCCCCCCC(=O)NCCCC[C@H](NC(=O)N[C@@H](CCC(=O)O)C(=O)O)C(=O)O)(CNCCNC1)CNCCNC2. The number of hydrogen-bond acceptors (Lipinski definition) is 15. The van der Waals surface area contributed by atoms with Crippen LogP contribution in [0.3, 0.4) is 0 Å². The number of benzene rings is 2. The van der Waals surface area contributed by atoms with E-state index < -0.39 is 71.9 Å². The van der Waals surface area contributed by atoms with Gasteiger partial charge in [0.2, 0.25) is 29.5 Å². The lowest BCUT2D eigenvalue weighted by molar-refractivity contribution is -0.141. The van der Waals surface area contributed by atoms with E-state index in [1.165, 1.54) is 0 Å². The largest absolute Gasteiger partial charge is 0.481 e. The van der Waals surface area contributed by atoms with E-state index in [0.717, 1.165) is 89.3 Å². The molecule has 0 aliphatic carbocycles. The number of carboxylic acid groups (broad SMARTS) is 3. The maximum atomic E-state index is 14.2. The quantitative estimate of drug-likeness (QED) is 0.0413. The van der Waals surface area contributed by atoms with Crippen LogP contribution < -0.4 is 69.1 Å². The number of carbonyl (C=O) groups excluding carboxylic acids is 6. The molecule has 2 aromatic carbocycles. The van der Waals surface area contributed by atoms with Crippen molar-refractivity contribution in [1.82, 2.24) is 69.1 Å². The van der Waals surface area contributed by atoms with Crippen LogP contribution in [-0.4, -0.2) is 190 Å². The molecule has 25 heteroatoms. The summed E-state index contributed by atoms with van der Waals surface area (Å²) in [4.78, 5) is 114. The van der Waals surface area contributed by atoms with E-state index in [1.807, 2.05) is 60.7 Å². The van der Waals surface area contributed by atoms with Crippen LogP contribution in [0.2, 0.25) is 0 Å². The van der Waals surface area contributed by atoms with Crippen LogP contribution in [0.5, 0.6) is 0 Å². The molecule has 83 heavy (non-hydrogen) atoms. The highest BCUT2D eigenvalue weighted by molar-refractivity contribution is 5.92. The van der Waals surface area contributed by atoms with Gasteiger partial charge in [-0.05, 0) is 56.1 Å². The molecular weight excluding hydrogens is 1070 g/mol. The topological polar surface area (TPSA) is 371 Å². The summed E-state index contributed by atoms with van der Waals surface area (Å²) in [5.41, 5.74) is 1.07. The van der Waals surface area contributed by atoms with Crippen molar-refractivity contribution < 1.29 is 58.5 Å². The lowest BCUT2D eigenvalue weighted by Crippen LogP contribution is -2.66. The Labute approximate surface area is 487 Å². The van der Waals surface area contributed by atoms with Crippen LogP contribution in [0.1, 0.15) is 108 Å². The summed E-state index contributed by atoms with van der Waals surface area (Å²) in [6.07, 6.45) is 4.57. The van der Waals surface area contributed by atoms with Crippen molar-refractivity contribution in [2.24, 2.45) is 5.41 Å². The molecule has 16 N–H and O–H groups in total. The van der Waals surface area contributed by atoms with Crippen molar-refractivity contribution in [1.29, 1.82) is 0 Å². The minimum absolute atomic E-state index is 0.00232. The Morgan fingerprint density at radius 2 is 0.892 bits per heavy atom. The molecule has 2 bridgehead atoms. The van der Waals surface area contributed by atoms with Crippen molar-refractivity contribution in [3.63, 3.8) is 0 Å². The molecule has 3 aliphatic rings. The van der Waals surface area contributed by atoms with Gasteiger partial charge in [-0.1, -0.05) is 86.8 Å². The maximum Gasteiger partial charge on any atom is 0.326 e. The highest BCUT2D eigenvalue weighted by Gasteiger charge is 2.33. The van der Waals surface area contributed by atoms with Crippen LogP contribution >= 0.6 is 0 Å². The Morgan fingerprint density at radius 3 is 1.42 bits per heavy atom. The molecule has 0 unspecified atom stereocenters. The summed E-state index contributed by atoms with van der Waals surface area (Å²) < 4.78 is 0. The zero-order valence-electron chi connectivity index (χ0n) is 48.3. The standard InChI is InChI=1S/C58H93N13O12/c1-57-36-59-28-31-62-39-58(40-63-32-29-60-37-57,41-64-33-30-61-38-57)71-50(74)23-15-22-49(73)67-47(35-43-18-9-6-10-19-43)53(78)68-46(34-42-16-7-5-8-17-42)52(77)66-27-13-4-2-3-11-21-48(72)65-26-14-12-20-44(54(79)80)69-56(83)70-45(55(81)82)24-25-51(75)76/h5-10,16-19,44-47,59-64H,2-4,11-15,20-41H2,1H3,(H,65,72)(H,66,77)(H,67,73)(H,68,78)(H,71,74)(H,75,76)(H,79,80)(H,81,82)(H2,69,70,83)/t44-,45-,46-,47-,57?,58?/m0/s1. The monoisotopic (exact) mass is 1160 g/mol. The summed E-state index contributed by atoms with van der Waals surface area (Å²) >= 11 is 0. The fraction of sp³-hybridized carbons (Fsp3) is 0.638. The Hall–Kier alpha value is -6.77. The number of carboxylic acids is 3. The van der Waals surface area contributed by atoms with Gasteiger partial charge in [0, 0.05) is 136 Å². The highest BCUT2D eigenvalue weighted by atomic mass is 16.4. The van der Waals surface area contributed by atoms with Gasteiger partial charge in [-0.15, -0.1) is 0 Å². The molecular formula is C58H93N13O12. The lowest BCUT2D eigenvalue weighted by atomic mass is 9.90. The molecule has 462 valence electrons. The number of urea groups is 1. The van der Waals surface area contributed by atoms with Crippen molar-refractivity contribution in [3.05, 3.63) is 71.8 Å². The average Bonchev–Trinajstić information content (AvgIpc) is 3.58. The number of aliphatic carboxylic acids is 3. The molecule has 3 aliphatic heterocycles. The molecule has 25 nitrogen and oxygen atoms in total. The number of unbranched alkanes of at least 4 members (excludes halogenated alkanes) is 5. The zero-order chi connectivity index (χ0) is 60.1. The highest BCUT2D eigenvalue weighted by Crippen LogP contribution is 2.14. The van der Waals surface area contributed by atoms with Crippen LogP contribution in [0, 0.1) is 5.41 Å². The summed E-state index contributed by atoms with van der Waals surface area (Å²) in [5, 5.41) is 68.3. The third-order valence-electron chi connectivity index (χ3n) is 14.5. The molecule has 7 amide bonds. The molecule has 2 aromatic rings. The first-order valence-electron chi connectivity index (χ1n) is 29.5. The molecule has 0 saturated carbocycles. The second kappa shape index (κ2) is 38.9. The zero-order valence-corrected chi connectivity index (χ0v) is 48.3. The van der Waals surface area contributed by atoms with Crippen LogP contribution in [-0.2, 0) is 51.2 Å². The summed E-state index contributed by atoms with van der Waals surface area (Å²) in [6, 6.07) is 12.8. The van der Waals surface area contributed by atoms with E-state index in [0.29, 0.717) is 51.9 Å². The normalized spacial score (nSPS) is 19.4. The second-order valence-corrected chi connectivity index (χ2v) is 22.1. The number of rotatable bonds is 33. The Bertz CT molecular complexity index is 2270. The fourth-order valence-corrected chi connectivity index (χ4v) is 9.82. The molecule has 0 spiro atoms. The molecule has 0 aromatic heterocycles. The van der Waals surface area contributed by atoms with E-state index in [-0.39, 0.29) is 81.0 Å². The molecule has 0 radical (unpaired) electrons. The molecule has 4 atom stereocenters. The third kappa shape index (κ3) is 29.4. The summed E-state index contributed by atoms with van der Waals surface area (Å²) in [6.45, 7) is 11.7. The molecule has 5 rings (SSSR count). The van der Waals surface area contributed by atoms with Gasteiger partial charge >= 0.3 is 23.9 Å². The van der Waals surface area contributed by atoms with Gasteiger partial charge in [-0.25, -0.2) is 14.4 Å². The Morgan fingerprint density at radius 1 is 0.446 bits per heavy atom. The van der Waals surface area contributed by atoms with E-state index in [4.69, 9.17) is 5.11 Å². The number of amides is 7. The van der Waals surface area contributed by atoms with Crippen molar-refractivity contribution >= 4 is 53.5 Å². The van der Waals surface area contributed by atoms with Gasteiger partial charge in [0.05, 0.1) is 5.54 Å². The van der Waals surface area contributed by atoms with Gasteiger partial charge in [-0.2, -0.15) is 0 Å². The van der Waals surface area contributed by atoms with E-state index >= 15 is 0 Å². The molecule has 3 fully saturated rings. The number of carbonyl (C=O) groups is 9. The summed E-state index contributed by atoms with van der Waals surface area (Å²) in [7, 11) is 0. The minimum atomic E-state index is -1.51. The third-order valence-corrected chi connectivity index (χ3v) is 14.5. The first kappa shape index (κ1) is 68.7. The van der Waals surface area contributed by atoms with Crippen molar-refractivity contribution in [2.75, 3.05) is 91.6 Å². The lowest BCUT2D eigenvalue weighted by Gasteiger charge is -2.37. The van der Waals surface area contributed by atoms with Gasteiger partial charge in [0.1, 0.15) is 24.2 Å². The van der Waals surface area contributed by atoms with Gasteiger partial charge < -0.3 is 84.4 Å². The maximum absolute atomic E-state index is 14.2. The average molecular weight is 1160 g/mol. The molecule has 3 heterocycles. The fourth-order valence-electron chi connectivity index (χ4n) is 9.82. The van der Waals surface area contributed by atoms with E-state index in [1.54, 1.807) is 0 Å². The predicted molar refractivity (Wildman–Crippen MR) is 313 cm³/mol. The van der Waals surface area contributed by atoms with Gasteiger partial charge in [0.25, 0.3) is 0 Å². The smallest absolute Gasteiger partial charge is 0.326 e. The first-order chi connectivity index (χ1) is 39.9. The predicted octanol–water partition coefficient (Wildman–Crippen LogP) is -0.149. The second-order valence-electron chi connectivity index (χ2n) is 22.1. The molecule has 3 saturated heterocycles. The van der Waals surface area contributed by atoms with Crippen molar-refractivity contribution in [3.8, 4) is 0 Å².